The summed E-state index contributed by atoms with van der Waals surface area (Å²) in [5.41, 5.74) is 1.12. The first kappa shape index (κ1) is 11.7. The fourth-order valence-electron chi connectivity index (χ4n) is 2.00. The Bertz CT molecular complexity index is 675. The molecule has 1 amide bonds. The number of imidazole rings is 1. The monoisotopic (exact) mass is 279 g/mol. The van der Waals surface area contributed by atoms with Crippen molar-refractivity contribution in [3.63, 3.8) is 0 Å². The summed E-state index contributed by atoms with van der Waals surface area (Å²) in [7, 11) is 1.65. The first-order valence-corrected chi connectivity index (χ1v) is 6.26. The van der Waals surface area contributed by atoms with E-state index < -0.39 is 6.16 Å². The zero-order valence-electron chi connectivity index (χ0n) is 9.86. The number of fused-ring (bicyclic) bond motifs is 3. The fourth-order valence-corrected chi connectivity index (χ4v) is 2.88. The highest BCUT2D eigenvalue weighted by molar-refractivity contribution is 7.13. The molecule has 0 aliphatic carbocycles. The molecule has 1 aliphatic rings. The number of carbonyl (C=O) groups is 2. The van der Waals surface area contributed by atoms with Crippen molar-refractivity contribution in [2.45, 2.75) is 6.54 Å². The fraction of sp³-hybridized carbons (Fsp3) is 0.182. The van der Waals surface area contributed by atoms with Crippen molar-refractivity contribution in [2.24, 2.45) is 0 Å². The number of carboxylic acid groups (broad SMARTS) is 1. The largest absolute Gasteiger partial charge is 0.512 e. The van der Waals surface area contributed by atoms with Crippen molar-refractivity contribution in [3.05, 3.63) is 29.0 Å². The second kappa shape index (κ2) is 4.09. The van der Waals surface area contributed by atoms with Gasteiger partial charge in [-0.2, -0.15) is 0 Å². The van der Waals surface area contributed by atoms with Gasteiger partial charge in [0.1, 0.15) is 17.0 Å². The maximum atomic E-state index is 12.1. The SMILES string of the molecule is CN1Cc2c(OC(=O)O)ncn2-c2sccc2C1=O. The molecular formula is C11H9N3O4S. The number of aromatic nitrogens is 2. The molecule has 3 rings (SSSR count). The molecular weight excluding hydrogens is 270 g/mol. The zero-order valence-corrected chi connectivity index (χ0v) is 10.7. The average molecular weight is 279 g/mol. The molecule has 2 aromatic rings. The smallest absolute Gasteiger partial charge is 0.449 e. The normalized spacial score (nSPS) is 13.7. The van der Waals surface area contributed by atoms with E-state index in [1.165, 1.54) is 22.6 Å². The predicted molar refractivity (Wildman–Crippen MR) is 65.9 cm³/mol. The summed E-state index contributed by atoms with van der Waals surface area (Å²) < 4.78 is 6.33. The Morgan fingerprint density at radius 2 is 2.37 bits per heavy atom. The molecule has 1 aliphatic heterocycles. The van der Waals surface area contributed by atoms with Crippen LogP contribution < -0.4 is 4.74 Å². The molecule has 19 heavy (non-hydrogen) atoms. The van der Waals surface area contributed by atoms with E-state index in [0.717, 1.165) is 5.00 Å². The summed E-state index contributed by atoms with van der Waals surface area (Å²) in [6, 6.07) is 1.74. The van der Waals surface area contributed by atoms with Crippen molar-refractivity contribution >= 4 is 23.4 Å². The molecule has 0 saturated carbocycles. The van der Waals surface area contributed by atoms with Crippen LogP contribution in [-0.2, 0) is 6.54 Å². The third-order valence-corrected chi connectivity index (χ3v) is 3.75. The van der Waals surface area contributed by atoms with Gasteiger partial charge in [-0.25, -0.2) is 9.78 Å². The molecule has 1 N–H and O–H groups in total. The maximum Gasteiger partial charge on any atom is 0.512 e. The minimum absolute atomic E-state index is 0.00778. The first-order chi connectivity index (χ1) is 9.08. The van der Waals surface area contributed by atoms with Gasteiger partial charge < -0.3 is 14.7 Å². The highest BCUT2D eigenvalue weighted by Gasteiger charge is 2.28. The van der Waals surface area contributed by atoms with Gasteiger partial charge in [0.2, 0.25) is 5.88 Å². The summed E-state index contributed by atoms with van der Waals surface area (Å²) in [5, 5.41) is 11.2. The van der Waals surface area contributed by atoms with E-state index in [2.05, 4.69) is 9.72 Å². The molecule has 0 saturated heterocycles. The molecule has 0 fully saturated rings. The van der Waals surface area contributed by atoms with E-state index in [1.54, 1.807) is 17.7 Å². The molecule has 0 unspecified atom stereocenters. The Labute approximate surface area is 111 Å². The van der Waals surface area contributed by atoms with Crippen molar-refractivity contribution < 1.29 is 19.4 Å². The molecule has 0 aromatic carbocycles. The molecule has 3 heterocycles. The first-order valence-electron chi connectivity index (χ1n) is 5.38. The van der Waals surface area contributed by atoms with Crippen LogP contribution in [0.25, 0.3) is 5.00 Å². The lowest BCUT2D eigenvalue weighted by molar-refractivity contribution is 0.0787. The Balaban J connectivity index is 2.17. The minimum atomic E-state index is -1.42. The number of ether oxygens (including phenoxy) is 1. The van der Waals surface area contributed by atoms with E-state index in [9.17, 15) is 9.59 Å². The standard InChI is InChI=1S/C11H9N3O4S/c1-13-4-7-8(18-11(16)17)12-5-14(7)10-6(9(13)15)2-3-19-10/h2-3,5H,4H2,1H3,(H,16,17). The van der Waals surface area contributed by atoms with Gasteiger partial charge in [0, 0.05) is 7.05 Å². The van der Waals surface area contributed by atoms with Crippen molar-refractivity contribution in [1.82, 2.24) is 14.5 Å². The summed E-state index contributed by atoms with van der Waals surface area (Å²) in [6.45, 7) is 0.239. The van der Waals surface area contributed by atoms with Gasteiger partial charge in [0.05, 0.1) is 12.1 Å². The van der Waals surface area contributed by atoms with Gasteiger partial charge in [-0.05, 0) is 11.4 Å². The lowest BCUT2D eigenvalue weighted by Crippen LogP contribution is -2.25. The Hall–Kier alpha value is -2.35. The number of rotatable bonds is 1. The highest BCUT2D eigenvalue weighted by Crippen LogP contribution is 2.31. The van der Waals surface area contributed by atoms with Crippen LogP contribution in [0.3, 0.4) is 0 Å². The van der Waals surface area contributed by atoms with Gasteiger partial charge in [-0.15, -0.1) is 11.3 Å². The Kier molecular flexibility index (Phi) is 2.53. The Morgan fingerprint density at radius 1 is 1.58 bits per heavy atom. The highest BCUT2D eigenvalue weighted by atomic mass is 32.1. The van der Waals surface area contributed by atoms with Gasteiger partial charge in [-0.3, -0.25) is 9.36 Å². The average Bonchev–Trinajstić information content (AvgIpc) is 2.93. The number of hydrogen-bond donors (Lipinski definition) is 1. The summed E-state index contributed by atoms with van der Waals surface area (Å²) in [5.74, 6) is -0.102. The van der Waals surface area contributed by atoms with Crippen LogP contribution in [-0.4, -0.2) is 38.7 Å². The van der Waals surface area contributed by atoms with Crippen LogP contribution in [0.2, 0.25) is 0 Å². The number of amides is 1. The van der Waals surface area contributed by atoms with Crippen LogP contribution in [0.4, 0.5) is 4.79 Å². The molecule has 2 aromatic heterocycles. The van der Waals surface area contributed by atoms with E-state index in [0.29, 0.717) is 11.3 Å². The van der Waals surface area contributed by atoms with E-state index in [4.69, 9.17) is 5.11 Å². The Morgan fingerprint density at radius 3 is 3.11 bits per heavy atom. The predicted octanol–water partition coefficient (Wildman–Crippen LogP) is 1.58. The number of hydrogen-bond acceptors (Lipinski definition) is 5. The van der Waals surface area contributed by atoms with Gasteiger partial charge in [0.25, 0.3) is 5.91 Å². The molecule has 0 bridgehead atoms. The summed E-state index contributed by atoms with van der Waals surface area (Å²) >= 11 is 1.39. The third kappa shape index (κ3) is 1.76. The van der Waals surface area contributed by atoms with Gasteiger partial charge in [0.15, 0.2) is 0 Å². The molecule has 8 heteroatoms. The lowest BCUT2D eigenvalue weighted by atomic mass is 10.3. The molecule has 0 spiro atoms. The number of thiophene rings is 1. The number of carbonyl (C=O) groups excluding carboxylic acids is 1. The second-order valence-electron chi connectivity index (χ2n) is 4.04. The van der Waals surface area contributed by atoms with Crippen molar-refractivity contribution in [2.75, 3.05) is 7.05 Å². The summed E-state index contributed by atoms with van der Waals surface area (Å²) in [6.07, 6.45) is 0.0428. The van der Waals surface area contributed by atoms with Crippen molar-refractivity contribution in [3.8, 4) is 10.9 Å². The second-order valence-corrected chi connectivity index (χ2v) is 4.93. The van der Waals surface area contributed by atoms with Crippen LogP contribution in [0.5, 0.6) is 5.88 Å². The van der Waals surface area contributed by atoms with Gasteiger partial charge >= 0.3 is 6.16 Å². The lowest BCUT2D eigenvalue weighted by Gasteiger charge is -2.13. The molecule has 98 valence electrons. The topological polar surface area (TPSA) is 84.7 Å². The van der Waals surface area contributed by atoms with E-state index in [1.807, 2.05) is 5.38 Å². The summed E-state index contributed by atoms with van der Waals surface area (Å²) in [4.78, 5) is 28.2. The van der Waals surface area contributed by atoms with Crippen LogP contribution in [0, 0.1) is 0 Å². The van der Waals surface area contributed by atoms with Crippen molar-refractivity contribution in [1.29, 1.82) is 0 Å². The van der Waals surface area contributed by atoms with E-state index in [-0.39, 0.29) is 18.3 Å². The minimum Gasteiger partial charge on any atom is -0.449 e. The third-order valence-electron chi connectivity index (χ3n) is 2.84. The van der Waals surface area contributed by atoms with Crippen LogP contribution in [0.15, 0.2) is 17.8 Å². The molecule has 7 nitrogen and oxygen atoms in total. The maximum absolute atomic E-state index is 12.1. The number of nitrogens with zero attached hydrogens (tertiary/aromatic N) is 3. The van der Waals surface area contributed by atoms with E-state index >= 15 is 0 Å². The van der Waals surface area contributed by atoms with Crippen LogP contribution in [0.1, 0.15) is 16.1 Å². The molecule has 0 atom stereocenters. The van der Waals surface area contributed by atoms with Gasteiger partial charge in [-0.1, -0.05) is 0 Å². The van der Waals surface area contributed by atoms with Crippen LogP contribution >= 0.6 is 11.3 Å². The molecule has 0 radical (unpaired) electrons. The zero-order chi connectivity index (χ0) is 13.6. The quantitative estimate of drug-likeness (QED) is 0.801.